The van der Waals surface area contributed by atoms with Gasteiger partial charge in [-0.05, 0) is 44.0 Å². The van der Waals surface area contributed by atoms with Crippen LogP contribution in [0.3, 0.4) is 0 Å². The van der Waals surface area contributed by atoms with Gasteiger partial charge >= 0.3 is 0 Å². The van der Waals surface area contributed by atoms with Gasteiger partial charge in [0.15, 0.2) is 11.0 Å². The van der Waals surface area contributed by atoms with Crippen molar-refractivity contribution < 1.29 is 13.9 Å². The molecule has 0 radical (unpaired) electrons. The van der Waals surface area contributed by atoms with Crippen LogP contribution in [0.25, 0.3) is 11.4 Å². The van der Waals surface area contributed by atoms with Crippen molar-refractivity contribution in [3.8, 4) is 11.4 Å². The average Bonchev–Trinajstić information content (AvgIpc) is 3.31. The van der Waals surface area contributed by atoms with E-state index < -0.39 is 0 Å². The highest BCUT2D eigenvalue weighted by Gasteiger charge is 2.24. The molecule has 0 unspecified atom stereocenters. The fourth-order valence-electron chi connectivity index (χ4n) is 2.87. The van der Waals surface area contributed by atoms with Gasteiger partial charge in [-0.2, -0.15) is 0 Å². The van der Waals surface area contributed by atoms with E-state index in [0.717, 1.165) is 25.0 Å². The minimum Gasteiger partial charge on any atom is -0.376 e. The Hall–Kier alpha value is -2.19. The molecule has 1 aromatic carbocycles. The Kier molecular flexibility index (Phi) is 6.63. The summed E-state index contributed by atoms with van der Waals surface area (Å²) in [7, 11) is 0. The lowest BCUT2D eigenvalue weighted by atomic mass is 10.2. The highest BCUT2D eigenvalue weighted by molar-refractivity contribution is 8.00. The second kappa shape index (κ2) is 9.14. The van der Waals surface area contributed by atoms with E-state index in [0.29, 0.717) is 24.1 Å². The van der Waals surface area contributed by atoms with Crippen LogP contribution in [0, 0.1) is 5.82 Å². The molecule has 0 saturated carbocycles. The molecule has 8 heteroatoms. The monoisotopic (exact) mass is 390 g/mol. The first-order valence-corrected chi connectivity index (χ1v) is 9.82. The van der Waals surface area contributed by atoms with Gasteiger partial charge in [0, 0.05) is 18.7 Å². The number of carbonyl (C=O) groups excluding carboxylic acids is 1. The smallest absolute Gasteiger partial charge is 0.233 e. The summed E-state index contributed by atoms with van der Waals surface area (Å²) in [5, 5.41) is 11.7. The molecule has 2 atom stereocenters. The van der Waals surface area contributed by atoms with Gasteiger partial charge in [-0.25, -0.2) is 4.39 Å². The molecular formula is C19H23FN4O2S. The molecule has 1 aliphatic heterocycles. The van der Waals surface area contributed by atoms with Crippen LogP contribution < -0.4 is 5.32 Å². The number of nitrogens with zero attached hydrogens (tertiary/aromatic N) is 3. The molecule has 6 nitrogen and oxygen atoms in total. The largest absolute Gasteiger partial charge is 0.376 e. The number of halogens is 1. The predicted octanol–water partition coefficient (Wildman–Crippen LogP) is 3.05. The van der Waals surface area contributed by atoms with E-state index in [-0.39, 0.29) is 23.1 Å². The van der Waals surface area contributed by atoms with Crippen molar-refractivity contribution in [2.24, 2.45) is 0 Å². The van der Waals surface area contributed by atoms with Crippen LogP contribution in [0.4, 0.5) is 4.39 Å². The Labute approximate surface area is 162 Å². The SMILES string of the molecule is C=CCNC(=O)[C@@H](C)Sc1nnc(-c2ccc(F)cc2)n1C[C@@H]1CCCO1. The maximum atomic E-state index is 13.3. The number of thioether (sulfide) groups is 1. The average molecular weight is 390 g/mol. The number of aromatic nitrogens is 3. The number of amides is 1. The van der Waals surface area contributed by atoms with E-state index in [9.17, 15) is 9.18 Å². The van der Waals surface area contributed by atoms with Crippen molar-refractivity contribution >= 4 is 17.7 Å². The standard InChI is InChI=1S/C19H23FN4O2S/c1-3-10-21-18(25)13(2)27-19-23-22-17(14-6-8-15(20)9-7-14)24(19)12-16-5-4-11-26-16/h3,6-9,13,16H,1,4-5,10-12H2,2H3,(H,21,25)/t13-,16+/m1/s1. The number of hydrogen-bond donors (Lipinski definition) is 1. The summed E-state index contributed by atoms with van der Waals surface area (Å²) in [6.07, 6.45) is 3.73. The number of ether oxygens (including phenoxy) is 1. The first-order chi connectivity index (χ1) is 13.1. The molecule has 144 valence electrons. The van der Waals surface area contributed by atoms with Gasteiger partial charge in [-0.3, -0.25) is 9.36 Å². The van der Waals surface area contributed by atoms with Gasteiger partial charge in [0.25, 0.3) is 0 Å². The number of benzene rings is 1. The quantitative estimate of drug-likeness (QED) is 0.554. The number of hydrogen-bond acceptors (Lipinski definition) is 5. The van der Waals surface area contributed by atoms with Gasteiger partial charge in [-0.15, -0.1) is 16.8 Å². The van der Waals surface area contributed by atoms with E-state index >= 15 is 0 Å². The van der Waals surface area contributed by atoms with E-state index in [2.05, 4.69) is 22.1 Å². The predicted molar refractivity (Wildman–Crippen MR) is 103 cm³/mol. The van der Waals surface area contributed by atoms with Crippen LogP contribution in [0.5, 0.6) is 0 Å². The molecule has 0 spiro atoms. The van der Waals surface area contributed by atoms with Crippen LogP contribution in [0.2, 0.25) is 0 Å². The summed E-state index contributed by atoms with van der Waals surface area (Å²) in [6, 6.07) is 6.16. The third-order valence-corrected chi connectivity index (χ3v) is 5.38. The minimum atomic E-state index is -0.335. The third-order valence-electron chi connectivity index (χ3n) is 4.30. The number of nitrogens with one attached hydrogen (secondary N) is 1. The Balaban J connectivity index is 1.84. The van der Waals surface area contributed by atoms with Crippen LogP contribution in [0.15, 0.2) is 42.1 Å². The molecule has 2 aromatic rings. The van der Waals surface area contributed by atoms with Crippen molar-refractivity contribution in [2.75, 3.05) is 13.2 Å². The summed E-state index contributed by atoms with van der Waals surface area (Å²) in [5.74, 6) is 0.257. The summed E-state index contributed by atoms with van der Waals surface area (Å²) in [6.45, 7) is 7.20. The minimum absolute atomic E-state index is 0.0875. The second-order valence-electron chi connectivity index (χ2n) is 6.35. The molecule has 2 heterocycles. The maximum Gasteiger partial charge on any atom is 0.233 e. The normalized spacial score (nSPS) is 17.6. The lowest BCUT2D eigenvalue weighted by molar-refractivity contribution is -0.120. The van der Waals surface area contributed by atoms with E-state index in [1.165, 1.54) is 23.9 Å². The van der Waals surface area contributed by atoms with Crippen molar-refractivity contribution in [1.82, 2.24) is 20.1 Å². The molecule has 27 heavy (non-hydrogen) atoms. The molecule has 0 aliphatic carbocycles. The molecule has 1 amide bonds. The lowest BCUT2D eigenvalue weighted by Crippen LogP contribution is -2.31. The third kappa shape index (κ3) is 4.95. The lowest BCUT2D eigenvalue weighted by Gasteiger charge is -2.16. The molecule has 1 N–H and O–H groups in total. The van der Waals surface area contributed by atoms with Crippen LogP contribution in [-0.4, -0.2) is 45.2 Å². The molecule has 1 aromatic heterocycles. The fourth-order valence-corrected chi connectivity index (χ4v) is 3.76. The van der Waals surface area contributed by atoms with E-state index in [1.807, 2.05) is 11.5 Å². The first kappa shape index (κ1) is 19.6. The van der Waals surface area contributed by atoms with Gasteiger partial charge in [0.2, 0.25) is 5.91 Å². The Morgan fingerprint density at radius 3 is 2.93 bits per heavy atom. The zero-order valence-electron chi connectivity index (χ0n) is 15.2. The van der Waals surface area contributed by atoms with Gasteiger partial charge in [-0.1, -0.05) is 17.8 Å². The summed E-state index contributed by atoms with van der Waals surface area (Å²) in [5.41, 5.74) is 0.775. The molecular weight excluding hydrogens is 367 g/mol. The van der Waals surface area contributed by atoms with Crippen LogP contribution >= 0.6 is 11.8 Å². The van der Waals surface area contributed by atoms with Crippen molar-refractivity contribution in [2.45, 2.75) is 42.8 Å². The summed E-state index contributed by atoms with van der Waals surface area (Å²) < 4.78 is 21.0. The second-order valence-corrected chi connectivity index (χ2v) is 7.66. The van der Waals surface area contributed by atoms with E-state index in [4.69, 9.17) is 4.74 Å². The Bertz CT molecular complexity index is 788. The first-order valence-electron chi connectivity index (χ1n) is 8.94. The molecule has 1 aliphatic rings. The maximum absolute atomic E-state index is 13.3. The molecule has 1 saturated heterocycles. The van der Waals surface area contributed by atoms with Crippen LogP contribution in [0.1, 0.15) is 19.8 Å². The van der Waals surface area contributed by atoms with E-state index in [1.54, 1.807) is 18.2 Å². The number of rotatable bonds is 8. The molecule has 1 fully saturated rings. The molecule has 0 bridgehead atoms. The van der Waals surface area contributed by atoms with Crippen molar-refractivity contribution in [1.29, 1.82) is 0 Å². The molecule has 3 rings (SSSR count). The summed E-state index contributed by atoms with van der Waals surface area (Å²) >= 11 is 1.34. The zero-order valence-corrected chi connectivity index (χ0v) is 16.0. The van der Waals surface area contributed by atoms with Gasteiger partial charge < -0.3 is 10.1 Å². The zero-order chi connectivity index (χ0) is 19.2. The highest BCUT2D eigenvalue weighted by Crippen LogP contribution is 2.29. The fraction of sp³-hybridized carbons (Fsp3) is 0.421. The number of carbonyl (C=O) groups is 1. The van der Waals surface area contributed by atoms with Crippen molar-refractivity contribution in [3.05, 3.63) is 42.7 Å². The summed E-state index contributed by atoms with van der Waals surface area (Å²) in [4.78, 5) is 12.2. The van der Waals surface area contributed by atoms with Gasteiger partial charge in [0.05, 0.1) is 17.9 Å². The topological polar surface area (TPSA) is 69.0 Å². The Morgan fingerprint density at radius 2 is 2.26 bits per heavy atom. The van der Waals surface area contributed by atoms with Crippen LogP contribution in [-0.2, 0) is 16.1 Å². The van der Waals surface area contributed by atoms with Gasteiger partial charge in [0.1, 0.15) is 5.82 Å². The Morgan fingerprint density at radius 1 is 1.48 bits per heavy atom. The highest BCUT2D eigenvalue weighted by atomic mass is 32.2. The van der Waals surface area contributed by atoms with Crippen molar-refractivity contribution in [3.63, 3.8) is 0 Å².